The Kier molecular flexibility index (Phi) is 4.18. The molecule has 0 aliphatic carbocycles. The number of benzene rings is 1. The number of nitrogens with one attached hydrogen (secondary N) is 1. The zero-order valence-electron chi connectivity index (χ0n) is 14.8. The van der Waals surface area contributed by atoms with Crippen LogP contribution in [0.15, 0.2) is 42.6 Å². The van der Waals surface area contributed by atoms with E-state index < -0.39 is 0 Å². The van der Waals surface area contributed by atoms with Crippen LogP contribution >= 0.6 is 11.6 Å². The zero-order valence-corrected chi connectivity index (χ0v) is 15.5. The van der Waals surface area contributed by atoms with Crippen LogP contribution in [0.3, 0.4) is 0 Å². The van der Waals surface area contributed by atoms with Gasteiger partial charge in [0.1, 0.15) is 17.2 Å². The number of aromatic nitrogens is 2. The second-order valence-electron chi connectivity index (χ2n) is 7.20. The number of hydrogen-bond acceptors (Lipinski definition) is 3. The number of nitrogens with zero attached hydrogens (tertiary/aromatic N) is 3. The Balaban J connectivity index is 2.17. The van der Waals surface area contributed by atoms with Gasteiger partial charge in [0.05, 0.1) is 5.02 Å². The molecule has 0 fully saturated rings. The summed E-state index contributed by atoms with van der Waals surface area (Å²) in [4.78, 5) is 6.90. The largest absolute Gasteiger partial charge is 0.378 e. The van der Waals surface area contributed by atoms with Crippen LogP contribution in [-0.4, -0.2) is 29.0 Å². The number of anilines is 2. The third kappa shape index (κ3) is 3.34. The van der Waals surface area contributed by atoms with Crippen LogP contribution in [0.1, 0.15) is 20.8 Å². The van der Waals surface area contributed by atoms with Gasteiger partial charge >= 0.3 is 0 Å². The lowest BCUT2D eigenvalue weighted by molar-refractivity contribution is 0.629. The fourth-order valence-electron chi connectivity index (χ4n) is 2.61. The molecule has 3 aromatic rings. The second kappa shape index (κ2) is 6.02. The summed E-state index contributed by atoms with van der Waals surface area (Å²) in [7, 11) is 4.07. The van der Waals surface area contributed by atoms with E-state index in [0.717, 1.165) is 28.4 Å². The molecule has 0 bridgehead atoms. The van der Waals surface area contributed by atoms with Gasteiger partial charge in [-0.15, -0.1) is 0 Å². The van der Waals surface area contributed by atoms with Gasteiger partial charge in [-0.3, -0.25) is 4.40 Å². The van der Waals surface area contributed by atoms with E-state index in [-0.39, 0.29) is 5.54 Å². The fourth-order valence-corrected chi connectivity index (χ4v) is 2.77. The zero-order chi connectivity index (χ0) is 17.5. The number of halogens is 1. The van der Waals surface area contributed by atoms with Crippen LogP contribution in [0, 0.1) is 0 Å². The van der Waals surface area contributed by atoms with Crippen LogP contribution in [-0.2, 0) is 0 Å². The van der Waals surface area contributed by atoms with Crippen molar-refractivity contribution in [1.29, 1.82) is 0 Å². The maximum absolute atomic E-state index is 6.19. The summed E-state index contributed by atoms with van der Waals surface area (Å²) in [6, 6.07) is 12.2. The van der Waals surface area contributed by atoms with Gasteiger partial charge in [-0.1, -0.05) is 23.7 Å². The quantitative estimate of drug-likeness (QED) is 0.732. The highest BCUT2D eigenvalue weighted by Gasteiger charge is 2.19. The molecule has 5 heteroatoms. The first-order valence-corrected chi connectivity index (χ1v) is 8.36. The molecule has 0 spiro atoms. The van der Waals surface area contributed by atoms with Crippen LogP contribution < -0.4 is 10.2 Å². The first-order valence-electron chi connectivity index (χ1n) is 7.98. The number of pyridine rings is 1. The highest BCUT2D eigenvalue weighted by atomic mass is 35.5. The average molecular weight is 343 g/mol. The molecule has 2 heterocycles. The molecule has 1 N–H and O–H groups in total. The Hall–Kier alpha value is -2.20. The SMILES string of the molecule is CN(C)c1ccc(-c2nc3ccc(Cl)cn3c2NC(C)(C)C)cc1. The van der Waals surface area contributed by atoms with Crippen molar-refractivity contribution in [2.24, 2.45) is 0 Å². The minimum atomic E-state index is -0.0867. The molecule has 0 unspecified atom stereocenters. The molecule has 0 radical (unpaired) electrons. The predicted octanol–water partition coefficient (Wildman–Crippen LogP) is 4.93. The van der Waals surface area contributed by atoms with E-state index in [1.807, 2.05) is 36.8 Å². The Bertz CT molecular complexity index is 857. The van der Waals surface area contributed by atoms with Gasteiger partial charge in [-0.05, 0) is 45.0 Å². The molecule has 2 aromatic heterocycles. The molecule has 0 saturated carbocycles. The first kappa shape index (κ1) is 16.7. The van der Waals surface area contributed by atoms with Crippen LogP contribution in [0.2, 0.25) is 5.02 Å². The summed E-state index contributed by atoms with van der Waals surface area (Å²) >= 11 is 6.19. The fraction of sp³-hybridized carbons (Fsp3) is 0.316. The summed E-state index contributed by atoms with van der Waals surface area (Å²) < 4.78 is 2.02. The van der Waals surface area contributed by atoms with Crippen molar-refractivity contribution in [3.05, 3.63) is 47.6 Å². The normalized spacial score (nSPS) is 11.8. The molecule has 0 aliphatic rings. The number of hydrogen-bond donors (Lipinski definition) is 1. The van der Waals surface area contributed by atoms with Gasteiger partial charge in [0.25, 0.3) is 0 Å². The lowest BCUT2D eigenvalue weighted by atomic mass is 10.1. The van der Waals surface area contributed by atoms with E-state index in [9.17, 15) is 0 Å². The van der Waals surface area contributed by atoms with Gasteiger partial charge in [0, 0.05) is 37.1 Å². The summed E-state index contributed by atoms with van der Waals surface area (Å²) in [6.07, 6.45) is 1.90. The number of imidazole rings is 1. The third-order valence-corrected chi connectivity index (χ3v) is 3.96. The summed E-state index contributed by atoms with van der Waals surface area (Å²) in [5.41, 5.74) is 3.95. The highest BCUT2D eigenvalue weighted by molar-refractivity contribution is 6.30. The molecule has 1 aromatic carbocycles. The van der Waals surface area contributed by atoms with Crippen molar-refractivity contribution in [3.8, 4) is 11.3 Å². The van der Waals surface area contributed by atoms with Gasteiger partial charge in [-0.25, -0.2) is 4.98 Å². The van der Waals surface area contributed by atoms with E-state index in [2.05, 4.69) is 55.3 Å². The summed E-state index contributed by atoms with van der Waals surface area (Å²) in [5, 5.41) is 4.25. The van der Waals surface area contributed by atoms with Crippen molar-refractivity contribution >= 4 is 28.8 Å². The Morgan fingerprint density at radius 1 is 1.04 bits per heavy atom. The molecule has 24 heavy (non-hydrogen) atoms. The Morgan fingerprint density at radius 2 is 1.71 bits per heavy atom. The van der Waals surface area contributed by atoms with Crippen molar-refractivity contribution in [3.63, 3.8) is 0 Å². The Labute approximate surface area is 148 Å². The molecule has 4 nitrogen and oxygen atoms in total. The maximum Gasteiger partial charge on any atom is 0.139 e. The summed E-state index contributed by atoms with van der Waals surface area (Å²) in [5.74, 6) is 0.956. The predicted molar refractivity (Wildman–Crippen MR) is 103 cm³/mol. The number of fused-ring (bicyclic) bond motifs is 1. The molecule has 0 saturated heterocycles. The van der Waals surface area contributed by atoms with Crippen LogP contribution in [0.5, 0.6) is 0 Å². The lowest BCUT2D eigenvalue weighted by Crippen LogP contribution is -2.27. The van der Waals surface area contributed by atoms with Crippen LogP contribution in [0.4, 0.5) is 11.5 Å². The molecular weight excluding hydrogens is 320 g/mol. The molecule has 126 valence electrons. The van der Waals surface area contributed by atoms with Gasteiger partial charge in [0.15, 0.2) is 0 Å². The van der Waals surface area contributed by atoms with Gasteiger partial charge in [0.2, 0.25) is 0 Å². The van der Waals surface area contributed by atoms with E-state index in [1.54, 1.807) is 0 Å². The lowest BCUT2D eigenvalue weighted by Gasteiger charge is -2.22. The minimum absolute atomic E-state index is 0.0867. The minimum Gasteiger partial charge on any atom is -0.378 e. The first-order chi connectivity index (χ1) is 11.2. The van der Waals surface area contributed by atoms with Gasteiger partial charge in [-0.2, -0.15) is 0 Å². The summed E-state index contributed by atoms with van der Waals surface area (Å²) in [6.45, 7) is 6.40. The van der Waals surface area contributed by atoms with E-state index >= 15 is 0 Å². The smallest absolute Gasteiger partial charge is 0.139 e. The second-order valence-corrected chi connectivity index (χ2v) is 7.64. The maximum atomic E-state index is 6.19. The van der Waals surface area contributed by atoms with Gasteiger partial charge < -0.3 is 10.2 Å². The standard InChI is InChI=1S/C19H23ClN4/c1-19(2,3)22-18-17(13-6-9-15(10-7-13)23(4)5)21-16-11-8-14(20)12-24(16)18/h6-12,22H,1-5H3. The molecular formula is C19H23ClN4. The van der Waals surface area contributed by atoms with E-state index in [4.69, 9.17) is 16.6 Å². The topological polar surface area (TPSA) is 32.6 Å². The van der Waals surface area contributed by atoms with Crippen molar-refractivity contribution < 1.29 is 0 Å². The van der Waals surface area contributed by atoms with Crippen molar-refractivity contribution in [1.82, 2.24) is 9.38 Å². The van der Waals surface area contributed by atoms with E-state index in [0.29, 0.717) is 5.02 Å². The Morgan fingerprint density at radius 3 is 2.29 bits per heavy atom. The van der Waals surface area contributed by atoms with Crippen molar-refractivity contribution in [2.45, 2.75) is 26.3 Å². The monoisotopic (exact) mass is 342 g/mol. The van der Waals surface area contributed by atoms with E-state index in [1.165, 1.54) is 0 Å². The molecule has 0 atom stereocenters. The van der Waals surface area contributed by atoms with Crippen LogP contribution in [0.25, 0.3) is 16.9 Å². The van der Waals surface area contributed by atoms with Crippen molar-refractivity contribution in [2.75, 3.05) is 24.3 Å². The number of rotatable bonds is 3. The molecule has 0 amide bonds. The third-order valence-electron chi connectivity index (χ3n) is 3.73. The average Bonchev–Trinajstić information content (AvgIpc) is 2.84. The molecule has 0 aliphatic heterocycles. The highest BCUT2D eigenvalue weighted by Crippen LogP contribution is 2.32. The molecule has 3 rings (SSSR count).